The van der Waals surface area contributed by atoms with Crippen LogP contribution in [0, 0.1) is 0 Å². The van der Waals surface area contributed by atoms with Crippen LogP contribution >= 0.6 is 0 Å². The Morgan fingerprint density at radius 1 is 0.817 bits per heavy atom. The standard InChI is InChI=1S/C48H50N6O6/c1-53(45(57)25-30-54-28-23-39(24-29-54)60-48(59)51-42-16-6-5-15-40(42)34-10-3-2-4-11-34)38-14-8-12-36(32-38)47(58)50-37-13-7-9-33(31-37)21-26-49-27-22-35-17-19-43(55)46-41(35)18-20-44(56)52-46/h2-20,31-32,39,49,55H,21-30H2,1H3,(H,50,58)(H,51,59)(H,52,56). The van der Waals surface area contributed by atoms with Crippen LogP contribution in [0.25, 0.3) is 22.0 Å². The van der Waals surface area contributed by atoms with Crippen LogP contribution in [0.4, 0.5) is 21.9 Å². The van der Waals surface area contributed by atoms with Crippen LogP contribution in [0.1, 0.15) is 40.7 Å². The number of H-pyrrole nitrogens is 1. The van der Waals surface area contributed by atoms with Gasteiger partial charge in [0.1, 0.15) is 11.9 Å². The van der Waals surface area contributed by atoms with Crippen LogP contribution in [0.5, 0.6) is 5.75 Å². The zero-order valence-electron chi connectivity index (χ0n) is 33.7. The van der Waals surface area contributed by atoms with Crippen LogP contribution < -0.4 is 26.4 Å². The summed E-state index contributed by atoms with van der Waals surface area (Å²) in [6.45, 7) is 3.45. The first-order valence-corrected chi connectivity index (χ1v) is 20.4. The maximum Gasteiger partial charge on any atom is 0.411 e. The molecule has 5 N–H and O–H groups in total. The number of amides is 3. The molecule has 0 atom stereocenters. The van der Waals surface area contributed by atoms with Gasteiger partial charge >= 0.3 is 6.09 Å². The summed E-state index contributed by atoms with van der Waals surface area (Å²) in [4.78, 5) is 57.7. The third-order valence-corrected chi connectivity index (χ3v) is 10.9. The lowest BCUT2D eigenvalue weighted by molar-refractivity contribution is -0.118. The van der Waals surface area contributed by atoms with E-state index in [1.54, 1.807) is 42.3 Å². The first-order chi connectivity index (χ1) is 29.2. The molecule has 1 aliphatic rings. The lowest BCUT2D eigenvalue weighted by atomic mass is 10.0. The minimum absolute atomic E-state index is 0.0516. The molecule has 0 saturated carbocycles. The molecule has 1 aliphatic heterocycles. The Labute approximate surface area is 349 Å². The van der Waals surface area contributed by atoms with E-state index in [4.69, 9.17) is 4.74 Å². The van der Waals surface area contributed by atoms with Gasteiger partial charge in [0.25, 0.3) is 5.91 Å². The lowest BCUT2D eigenvalue weighted by Crippen LogP contribution is -2.40. The Bertz CT molecular complexity index is 2500. The smallest absolute Gasteiger partial charge is 0.411 e. The zero-order chi connectivity index (χ0) is 41.8. The normalized spacial score (nSPS) is 13.2. The molecule has 12 heteroatoms. The molecule has 0 radical (unpaired) electrons. The van der Waals surface area contributed by atoms with Crippen LogP contribution in [0.2, 0.25) is 0 Å². The number of ether oxygens (including phenoxy) is 1. The van der Waals surface area contributed by atoms with Crippen molar-refractivity contribution in [2.24, 2.45) is 0 Å². The minimum Gasteiger partial charge on any atom is -0.506 e. The lowest BCUT2D eigenvalue weighted by Gasteiger charge is -2.31. The van der Waals surface area contributed by atoms with E-state index >= 15 is 0 Å². The van der Waals surface area contributed by atoms with Crippen molar-refractivity contribution < 1.29 is 24.2 Å². The van der Waals surface area contributed by atoms with Crippen LogP contribution in [-0.2, 0) is 22.4 Å². The molecule has 0 unspecified atom stereocenters. The number of fused-ring (bicyclic) bond motifs is 1. The molecule has 5 aromatic carbocycles. The highest BCUT2D eigenvalue weighted by Gasteiger charge is 2.24. The molecule has 12 nitrogen and oxygen atoms in total. The monoisotopic (exact) mass is 806 g/mol. The van der Waals surface area contributed by atoms with E-state index in [2.05, 4.69) is 25.8 Å². The van der Waals surface area contributed by atoms with E-state index in [0.29, 0.717) is 73.6 Å². The van der Waals surface area contributed by atoms with Crippen molar-refractivity contribution >= 4 is 45.9 Å². The number of carbonyl (C=O) groups excluding carboxylic acids is 3. The summed E-state index contributed by atoms with van der Waals surface area (Å²) in [5, 5.41) is 20.3. The van der Waals surface area contributed by atoms with E-state index in [1.165, 1.54) is 6.07 Å². The molecule has 6 aromatic rings. The predicted octanol–water partition coefficient (Wildman–Crippen LogP) is 7.59. The van der Waals surface area contributed by atoms with Crippen molar-refractivity contribution in [1.29, 1.82) is 0 Å². The molecule has 1 saturated heterocycles. The average molecular weight is 807 g/mol. The molecule has 3 amide bonds. The largest absolute Gasteiger partial charge is 0.506 e. The second kappa shape index (κ2) is 19.8. The number of nitrogens with one attached hydrogen (secondary N) is 4. The fourth-order valence-electron chi connectivity index (χ4n) is 7.53. The zero-order valence-corrected chi connectivity index (χ0v) is 33.7. The molecule has 0 aliphatic carbocycles. The molecular weight excluding hydrogens is 757 g/mol. The molecule has 0 bridgehead atoms. The summed E-state index contributed by atoms with van der Waals surface area (Å²) in [6.07, 6.45) is 2.47. The van der Waals surface area contributed by atoms with E-state index < -0.39 is 6.09 Å². The second-order valence-electron chi connectivity index (χ2n) is 15.0. The maximum absolute atomic E-state index is 13.3. The van der Waals surface area contributed by atoms with Gasteiger partial charge < -0.3 is 35.3 Å². The van der Waals surface area contributed by atoms with Gasteiger partial charge in [-0.05, 0) is 104 Å². The third kappa shape index (κ3) is 10.8. The highest BCUT2D eigenvalue weighted by atomic mass is 16.6. The summed E-state index contributed by atoms with van der Waals surface area (Å²) in [6, 6.07) is 39.0. The molecule has 7 rings (SSSR count). The number of aromatic amines is 1. The van der Waals surface area contributed by atoms with Crippen molar-refractivity contribution in [1.82, 2.24) is 15.2 Å². The van der Waals surface area contributed by atoms with Crippen molar-refractivity contribution in [2.45, 2.75) is 38.2 Å². The number of para-hydroxylation sites is 1. The first kappa shape index (κ1) is 41.4. The number of hydrogen-bond acceptors (Lipinski definition) is 8. The average Bonchev–Trinajstić information content (AvgIpc) is 3.27. The summed E-state index contributed by atoms with van der Waals surface area (Å²) in [7, 11) is 1.72. The maximum atomic E-state index is 13.3. The van der Waals surface area contributed by atoms with Gasteiger partial charge in [0.2, 0.25) is 11.5 Å². The quantitative estimate of drug-likeness (QED) is 0.0665. The van der Waals surface area contributed by atoms with Crippen LogP contribution in [0.15, 0.2) is 132 Å². The number of aromatic nitrogens is 1. The molecule has 1 aromatic heterocycles. The van der Waals surface area contributed by atoms with Crippen molar-refractivity contribution in [2.75, 3.05) is 55.3 Å². The number of phenols is 1. The van der Waals surface area contributed by atoms with Crippen molar-refractivity contribution in [3.05, 3.63) is 154 Å². The SMILES string of the molecule is CN(C(=O)CCN1CCC(OC(=O)Nc2ccccc2-c2ccccc2)CC1)c1cccc(C(=O)Nc2cccc(CCNCCc3ccc(O)c4[nH]c(=O)ccc34)c2)c1. The van der Waals surface area contributed by atoms with Crippen LogP contribution in [0.3, 0.4) is 0 Å². The molecule has 1 fully saturated rings. The summed E-state index contributed by atoms with van der Waals surface area (Å²) < 4.78 is 5.78. The summed E-state index contributed by atoms with van der Waals surface area (Å²) >= 11 is 0. The second-order valence-corrected chi connectivity index (χ2v) is 15.0. The Morgan fingerprint density at radius 2 is 1.58 bits per heavy atom. The molecule has 60 heavy (non-hydrogen) atoms. The van der Waals surface area contributed by atoms with Gasteiger partial charge in [0, 0.05) is 67.1 Å². The van der Waals surface area contributed by atoms with E-state index in [9.17, 15) is 24.3 Å². The summed E-state index contributed by atoms with van der Waals surface area (Å²) in [5.41, 5.74) is 6.68. The third-order valence-electron chi connectivity index (χ3n) is 10.9. The van der Waals surface area contributed by atoms with Gasteiger partial charge in [-0.1, -0.05) is 72.8 Å². The number of anilines is 3. The Balaban J connectivity index is 0.824. The topological polar surface area (TPSA) is 156 Å². The fourth-order valence-corrected chi connectivity index (χ4v) is 7.53. The Morgan fingerprint density at radius 3 is 2.42 bits per heavy atom. The number of hydrogen-bond donors (Lipinski definition) is 5. The number of rotatable bonds is 15. The van der Waals surface area contributed by atoms with E-state index in [0.717, 1.165) is 47.0 Å². The number of nitrogens with zero attached hydrogens (tertiary/aromatic N) is 2. The predicted molar refractivity (Wildman–Crippen MR) is 237 cm³/mol. The molecule has 0 spiro atoms. The van der Waals surface area contributed by atoms with E-state index in [-0.39, 0.29) is 29.2 Å². The van der Waals surface area contributed by atoms with Crippen LogP contribution in [-0.4, -0.2) is 78.8 Å². The van der Waals surface area contributed by atoms with E-state index in [1.807, 2.05) is 91.0 Å². The fraction of sp³-hybridized carbons (Fsp3) is 0.250. The van der Waals surface area contributed by atoms with Gasteiger partial charge in [0.05, 0.1) is 11.2 Å². The van der Waals surface area contributed by atoms with Gasteiger partial charge in [-0.3, -0.25) is 19.7 Å². The number of phenolic OH excluding ortho intramolecular Hbond substituents is 1. The molecule has 308 valence electrons. The highest BCUT2D eigenvalue weighted by molar-refractivity contribution is 6.05. The number of aromatic hydroxyl groups is 1. The minimum atomic E-state index is -0.474. The number of piperidine rings is 1. The van der Waals surface area contributed by atoms with Gasteiger partial charge in [-0.15, -0.1) is 0 Å². The van der Waals surface area contributed by atoms with Crippen molar-refractivity contribution in [3.8, 4) is 16.9 Å². The molecular formula is C48H50N6O6. The number of carbonyl (C=O) groups is 3. The van der Waals surface area contributed by atoms with Gasteiger partial charge in [0.15, 0.2) is 0 Å². The number of benzene rings is 5. The molecule has 2 heterocycles. The Hall–Kier alpha value is -6.76. The van der Waals surface area contributed by atoms with Gasteiger partial charge in [-0.25, -0.2) is 4.79 Å². The number of pyridine rings is 1. The first-order valence-electron chi connectivity index (χ1n) is 20.4. The van der Waals surface area contributed by atoms with Gasteiger partial charge in [-0.2, -0.15) is 0 Å². The highest BCUT2D eigenvalue weighted by Crippen LogP contribution is 2.28. The Kier molecular flexibility index (Phi) is 13.7. The number of likely N-dealkylation sites (tertiary alicyclic amines) is 1. The van der Waals surface area contributed by atoms with Crippen molar-refractivity contribution in [3.63, 3.8) is 0 Å². The summed E-state index contributed by atoms with van der Waals surface area (Å²) in [5.74, 6) is -0.276.